The molecular weight excluding hydrogens is 172 g/mol. The molecule has 1 rings (SSSR count). The van der Waals surface area contributed by atoms with E-state index in [2.05, 4.69) is 19.2 Å². The molecule has 84 valence electrons. The highest BCUT2D eigenvalue weighted by Gasteiger charge is 2.23. The molecule has 1 heterocycles. The van der Waals surface area contributed by atoms with E-state index < -0.39 is 0 Å². The zero-order valence-electron chi connectivity index (χ0n) is 9.76. The molecule has 0 unspecified atom stereocenters. The molecule has 0 aromatic rings. The van der Waals surface area contributed by atoms with E-state index in [0.717, 1.165) is 24.3 Å². The first-order chi connectivity index (χ1) is 6.77. The molecule has 0 bridgehead atoms. The van der Waals surface area contributed by atoms with Crippen molar-refractivity contribution in [2.24, 2.45) is 23.5 Å². The molecule has 0 radical (unpaired) electrons. The van der Waals surface area contributed by atoms with Gasteiger partial charge < -0.3 is 11.1 Å². The van der Waals surface area contributed by atoms with Crippen molar-refractivity contribution in [2.45, 2.75) is 39.5 Å². The fourth-order valence-corrected chi connectivity index (χ4v) is 2.48. The van der Waals surface area contributed by atoms with Crippen molar-refractivity contribution in [3.05, 3.63) is 0 Å². The summed E-state index contributed by atoms with van der Waals surface area (Å²) in [6.07, 6.45) is 5.29. The summed E-state index contributed by atoms with van der Waals surface area (Å²) in [4.78, 5) is 0. The highest BCUT2D eigenvalue weighted by atomic mass is 14.9. The van der Waals surface area contributed by atoms with Crippen molar-refractivity contribution in [1.29, 1.82) is 0 Å². The van der Waals surface area contributed by atoms with Gasteiger partial charge >= 0.3 is 0 Å². The molecule has 0 aromatic carbocycles. The fraction of sp³-hybridized carbons (Fsp3) is 1.00. The van der Waals surface area contributed by atoms with Crippen LogP contribution in [0.3, 0.4) is 0 Å². The lowest BCUT2D eigenvalue weighted by atomic mass is 9.79. The van der Waals surface area contributed by atoms with E-state index >= 15 is 0 Å². The molecule has 1 aliphatic heterocycles. The maximum Gasteiger partial charge on any atom is -0.00461 e. The standard InChI is InChI=1S/C12H26N2/c1-3-10(2)8-12(9-13)11-4-6-14-7-5-11/h10-12,14H,3-9,13H2,1-2H3/t10-,12-/m1/s1. The lowest BCUT2D eigenvalue weighted by Gasteiger charge is -2.31. The van der Waals surface area contributed by atoms with Crippen molar-refractivity contribution in [1.82, 2.24) is 5.32 Å². The molecular formula is C12H26N2. The topological polar surface area (TPSA) is 38.0 Å². The largest absolute Gasteiger partial charge is 0.330 e. The maximum atomic E-state index is 5.89. The minimum Gasteiger partial charge on any atom is -0.330 e. The van der Waals surface area contributed by atoms with Crippen LogP contribution in [0.5, 0.6) is 0 Å². The summed E-state index contributed by atoms with van der Waals surface area (Å²) in [5, 5.41) is 3.42. The van der Waals surface area contributed by atoms with Gasteiger partial charge in [0, 0.05) is 0 Å². The van der Waals surface area contributed by atoms with Crippen LogP contribution in [0, 0.1) is 17.8 Å². The van der Waals surface area contributed by atoms with Crippen molar-refractivity contribution in [2.75, 3.05) is 19.6 Å². The lowest BCUT2D eigenvalue weighted by molar-refractivity contribution is 0.226. The van der Waals surface area contributed by atoms with Gasteiger partial charge in [-0.15, -0.1) is 0 Å². The molecule has 0 spiro atoms. The molecule has 14 heavy (non-hydrogen) atoms. The van der Waals surface area contributed by atoms with Crippen LogP contribution in [-0.2, 0) is 0 Å². The average molecular weight is 198 g/mol. The fourth-order valence-electron chi connectivity index (χ4n) is 2.48. The molecule has 0 aromatic heterocycles. The van der Waals surface area contributed by atoms with Gasteiger partial charge in [-0.1, -0.05) is 20.3 Å². The Balaban J connectivity index is 2.35. The van der Waals surface area contributed by atoms with Crippen LogP contribution in [0.2, 0.25) is 0 Å². The first-order valence-electron chi connectivity index (χ1n) is 6.18. The first-order valence-corrected chi connectivity index (χ1v) is 6.18. The number of nitrogens with two attached hydrogens (primary N) is 1. The first kappa shape index (κ1) is 12.0. The second-order valence-corrected chi connectivity index (χ2v) is 4.83. The van der Waals surface area contributed by atoms with Crippen LogP contribution in [0.1, 0.15) is 39.5 Å². The third kappa shape index (κ3) is 3.58. The molecule has 0 aliphatic carbocycles. The zero-order valence-corrected chi connectivity index (χ0v) is 9.76. The average Bonchev–Trinajstić information content (AvgIpc) is 2.26. The van der Waals surface area contributed by atoms with Gasteiger partial charge in [0.2, 0.25) is 0 Å². The molecule has 0 amide bonds. The number of hydrogen-bond donors (Lipinski definition) is 2. The van der Waals surface area contributed by atoms with Gasteiger partial charge in [-0.25, -0.2) is 0 Å². The smallest absolute Gasteiger partial charge is 0.00461 e. The zero-order chi connectivity index (χ0) is 10.4. The number of piperidine rings is 1. The summed E-state index contributed by atoms with van der Waals surface area (Å²) in [7, 11) is 0. The minimum atomic E-state index is 0.770. The van der Waals surface area contributed by atoms with Gasteiger partial charge in [0.05, 0.1) is 0 Å². The van der Waals surface area contributed by atoms with Crippen LogP contribution < -0.4 is 11.1 Å². The Labute approximate surface area is 88.6 Å². The summed E-state index contributed by atoms with van der Waals surface area (Å²) in [5.41, 5.74) is 5.89. The third-order valence-electron chi connectivity index (χ3n) is 3.76. The van der Waals surface area contributed by atoms with E-state index in [-0.39, 0.29) is 0 Å². The SMILES string of the molecule is CC[C@@H](C)C[C@H](CN)C1CCNCC1. The summed E-state index contributed by atoms with van der Waals surface area (Å²) in [6.45, 7) is 7.91. The van der Waals surface area contributed by atoms with Crippen LogP contribution in [0.15, 0.2) is 0 Å². The lowest BCUT2D eigenvalue weighted by Crippen LogP contribution is -2.35. The van der Waals surface area contributed by atoms with Gasteiger partial charge in [0.25, 0.3) is 0 Å². The van der Waals surface area contributed by atoms with E-state index in [9.17, 15) is 0 Å². The molecule has 1 saturated heterocycles. The van der Waals surface area contributed by atoms with Gasteiger partial charge in [0.15, 0.2) is 0 Å². The Morgan fingerprint density at radius 2 is 2.00 bits per heavy atom. The highest BCUT2D eigenvalue weighted by Crippen LogP contribution is 2.27. The van der Waals surface area contributed by atoms with Crippen LogP contribution in [0.4, 0.5) is 0 Å². The Morgan fingerprint density at radius 3 is 2.50 bits per heavy atom. The van der Waals surface area contributed by atoms with E-state index in [1.165, 1.54) is 38.8 Å². The van der Waals surface area contributed by atoms with Crippen LogP contribution in [-0.4, -0.2) is 19.6 Å². The minimum absolute atomic E-state index is 0.770. The molecule has 0 saturated carbocycles. The second-order valence-electron chi connectivity index (χ2n) is 4.83. The van der Waals surface area contributed by atoms with Crippen LogP contribution >= 0.6 is 0 Å². The molecule has 1 fully saturated rings. The Morgan fingerprint density at radius 1 is 1.36 bits per heavy atom. The summed E-state index contributed by atoms with van der Waals surface area (Å²) in [6, 6.07) is 0. The quantitative estimate of drug-likeness (QED) is 0.709. The van der Waals surface area contributed by atoms with Gasteiger partial charge in [-0.3, -0.25) is 0 Å². The summed E-state index contributed by atoms with van der Waals surface area (Å²) in [5.74, 6) is 2.50. The Bertz CT molecular complexity index is 141. The van der Waals surface area contributed by atoms with Gasteiger partial charge in [-0.2, -0.15) is 0 Å². The van der Waals surface area contributed by atoms with Gasteiger partial charge in [0.1, 0.15) is 0 Å². The van der Waals surface area contributed by atoms with E-state index in [1.807, 2.05) is 0 Å². The molecule has 1 aliphatic rings. The van der Waals surface area contributed by atoms with E-state index in [0.29, 0.717) is 0 Å². The number of nitrogens with one attached hydrogen (secondary N) is 1. The van der Waals surface area contributed by atoms with Crippen molar-refractivity contribution in [3.63, 3.8) is 0 Å². The predicted molar refractivity (Wildman–Crippen MR) is 62.2 cm³/mol. The van der Waals surface area contributed by atoms with E-state index in [1.54, 1.807) is 0 Å². The third-order valence-corrected chi connectivity index (χ3v) is 3.76. The molecule has 2 nitrogen and oxygen atoms in total. The predicted octanol–water partition coefficient (Wildman–Crippen LogP) is 2.00. The molecule has 3 N–H and O–H groups in total. The molecule has 2 atom stereocenters. The maximum absolute atomic E-state index is 5.89. The number of rotatable bonds is 5. The highest BCUT2D eigenvalue weighted by molar-refractivity contribution is 4.77. The summed E-state index contributed by atoms with van der Waals surface area (Å²) >= 11 is 0. The summed E-state index contributed by atoms with van der Waals surface area (Å²) < 4.78 is 0. The normalized spacial score (nSPS) is 23.4. The van der Waals surface area contributed by atoms with Crippen molar-refractivity contribution >= 4 is 0 Å². The molecule has 2 heteroatoms. The Hall–Kier alpha value is -0.0800. The van der Waals surface area contributed by atoms with Crippen molar-refractivity contribution in [3.8, 4) is 0 Å². The monoisotopic (exact) mass is 198 g/mol. The van der Waals surface area contributed by atoms with Crippen molar-refractivity contribution < 1.29 is 0 Å². The van der Waals surface area contributed by atoms with Gasteiger partial charge in [-0.05, 0) is 56.7 Å². The van der Waals surface area contributed by atoms with Crippen LogP contribution in [0.25, 0.3) is 0 Å². The number of hydrogen-bond acceptors (Lipinski definition) is 2. The Kier molecular flexibility index (Phi) is 5.49. The second kappa shape index (κ2) is 6.41. The van der Waals surface area contributed by atoms with E-state index in [4.69, 9.17) is 5.73 Å².